The number of H-pyrrole nitrogens is 1. The number of rotatable bonds is 9. The van der Waals surface area contributed by atoms with E-state index in [2.05, 4.69) is 40.6 Å². The number of allylic oxidation sites excluding steroid dienone is 1. The molecule has 0 atom stereocenters. The van der Waals surface area contributed by atoms with E-state index >= 15 is 0 Å². The third-order valence-corrected chi connectivity index (χ3v) is 10.5. The van der Waals surface area contributed by atoms with Crippen molar-refractivity contribution in [3.8, 4) is 0 Å². The predicted molar refractivity (Wildman–Crippen MR) is 156 cm³/mol. The topological polar surface area (TPSA) is 71.1 Å². The first-order valence-electron chi connectivity index (χ1n) is 15.8. The average Bonchev–Trinajstić information content (AvgIpc) is 3.77. The van der Waals surface area contributed by atoms with Gasteiger partial charge in [0.2, 0.25) is 5.91 Å². The average molecular weight is 536 g/mol. The Morgan fingerprint density at radius 2 is 1.79 bits per heavy atom. The maximum Gasteiger partial charge on any atom is 0.223 e. The van der Waals surface area contributed by atoms with Crippen molar-refractivity contribution in [1.29, 1.82) is 0 Å². The molecule has 0 bridgehead atoms. The number of aromatic amines is 1. The zero-order valence-electron chi connectivity index (χ0n) is 23.9. The van der Waals surface area contributed by atoms with Crippen LogP contribution in [0.2, 0.25) is 0 Å². The van der Waals surface area contributed by atoms with Gasteiger partial charge in [0.15, 0.2) is 0 Å². The van der Waals surface area contributed by atoms with E-state index in [-0.39, 0.29) is 0 Å². The minimum absolute atomic E-state index is 0.384. The summed E-state index contributed by atoms with van der Waals surface area (Å²) in [5, 5.41) is 0. The first kappa shape index (κ1) is 27.2. The SMILES string of the molecule is O=C(CCN1CCC(N(CC2=NC=CC2)Cc2ncc[nH]2)CC1)N1CCC2(CCN(C3CCCCC3)CC2)C1. The lowest BCUT2D eigenvalue weighted by atomic mass is 9.77. The Hall–Kier alpha value is -2.03. The number of imidazole rings is 1. The van der Waals surface area contributed by atoms with Gasteiger partial charge in [-0.25, -0.2) is 4.98 Å². The molecule has 0 aromatic carbocycles. The number of hydrogen-bond acceptors (Lipinski definition) is 6. The molecule has 4 aliphatic heterocycles. The van der Waals surface area contributed by atoms with Gasteiger partial charge in [-0.15, -0.1) is 0 Å². The lowest BCUT2D eigenvalue weighted by molar-refractivity contribution is -0.131. The molecule has 1 N–H and O–H groups in total. The lowest BCUT2D eigenvalue weighted by Gasteiger charge is -2.43. The molecule has 1 aromatic heterocycles. The molecule has 1 saturated carbocycles. The highest BCUT2D eigenvalue weighted by molar-refractivity contribution is 5.89. The molecule has 39 heavy (non-hydrogen) atoms. The maximum atomic E-state index is 13.2. The van der Waals surface area contributed by atoms with E-state index in [4.69, 9.17) is 0 Å². The highest BCUT2D eigenvalue weighted by Crippen LogP contribution is 2.41. The van der Waals surface area contributed by atoms with Gasteiger partial charge in [-0.2, -0.15) is 0 Å². The zero-order valence-corrected chi connectivity index (χ0v) is 23.9. The van der Waals surface area contributed by atoms with Crippen LogP contribution in [0.1, 0.15) is 82.9 Å². The number of hydrogen-bond donors (Lipinski definition) is 1. The minimum atomic E-state index is 0.384. The van der Waals surface area contributed by atoms with Crippen LogP contribution < -0.4 is 0 Å². The Morgan fingerprint density at radius 3 is 2.51 bits per heavy atom. The van der Waals surface area contributed by atoms with Crippen molar-refractivity contribution in [3.63, 3.8) is 0 Å². The van der Waals surface area contributed by atoms with E-state index in [9.17, 15) is 4.79 Å². The van der Waals surface area contributed by atoms with E-state index in [1.807, 2.05) is 18.6 Å². The van der Waals surface area contributed by atoms with Gasteiger partial charge in [-0.3, -0.25) is 14.7 Å². The normalized spacial score (nSPS) is 25.3. The van der Waals surface area contributed by atoms with Gasteiger partial charge in [-0.05, 0) is 76.5 Å². The molecule has 4 fully saturated rings. The van der Waals surface area contributed by atoms with Gasteiger partial charge in [0.05, 0.1) is 6.54 Å². The smallest absolute Gasteiger partial charge is 0.223 e. The Bertz CT molecular complexity index is 983. The van der Waals surface area contributed by atoms with Crippen LogP contribution >= 0.6 is 0 Å². The van der Waals surface area contributed by atoms with Crippen LogP contribution in [-0.2, 0) is 11.3 Å². The Kier molecular flexibility index (Phi) is 8.81. The number of nitrogens with zero attached hydrogens (tertiary/aromatic N) is 6. The van der Waals surface area contributed by atoms with Gasteiger partial charge in [0.1, 0.15) is 5.82 Å². The third kappa shape index (κ3) is 6.83. The fraction of sp³-hybridized carbons (Fsp3) is 0.774. The summed E-state index contributed by atoms with van der Waals surface area (Å²) < 4.78 is 0. The number of likely N-dealkylation sites (tertiary alicyclic amines) is 3. The van der Waals surface area contributed by atoms with Crippen LogP contribution in [0.15, 0.2) is 29.7 Å². The van der Waals surface area contributed by atoms with Gasteiger partial charge in [0, 0.05) is 75.4 Å². The zero-order chi connectivity index (χ0) is 26.5. The van der Waals surface area contributed by atoms with Crippen LogP contribution in [0.4, 0.5) is 0 Å². The molecule has 1 aromatic rings. The third-order valence-electron chi connectivity index (χ3n) is 10.5. The molecule has 3 saturated heterocycles. The van der Waals surface area contributed by atoms with E-state index in [0.29, 0.717) is 23.8 Å². The number of piperidine rings is 2. The summed E-state index contributed by atoms with van der Waals surface area (Å²) in [5.74, 6) is 1.41. The van der Waals surface area contributed by atoms with Crippen molar-refractivity contribution >= 4 is 11.6 Å². The maximum absolute atomic E-state index is 13.2. The van der Waals surface area contributed by atoms with Crippen molar-refractivity contribution in [2.45, 2.75) is 95.7 Å². The van der Waals surface area contributed by atoms with Gasteiger partial charge >= 0.3 is 0 Å². The van der Waals surface area contributed by atoms with E-state index in [1.54, 1.807) is 0 Å². The van der Waals surface area contributed by atoms with Crippen LogP contribution in [0.3, 0.4) is 0 Å². The van der Waals surface area contributed by atoms with Crippen molar-refractivity contribution in [3.05, 3.63) is 30.5 Å². The predicted octanol–water partition coefficient (Wildman–Crippen LogP) is 4.07. The van der Waals surface area contributed by atoms with Gasteiger partial charge in [0.25, 0.3) is 0 Å². The highest BCUT2D eigenvalue weighted by Gasteiger charge is 2.43. The summed E-state index contributed by atoms with van der Waals surface area (Å²) in [6.07, 6.45) is 22.6. The van der Waals surface area contributed by atoms with Crippen LogP contribution in [-0.4, -0.2) is 106 Å². The summed E-state index contributed by atoms with van der Waals surface area (Å²) >= 11 is 0. The van der Waals surface area contributed by atoms with Gasteiger partial charge in [-0.1, -0.05) is 25.3 Å². The van der Waals surface area contributed by atoms with Crippen LogP contribution in [0, 0.1) is 5.41 Å². The first-order chi connectivity index (χ1) is 19.2. The summed E-state index contributed by atoms with van der Waals surface area (Å²) in [6, 6.07) is 1.37. The molecule has 0 unspecified atom stereocenters. The summed E-state index contributed by atoms with van der Waals surface area (Å²) in [7, 11) is 0. The van der Waals surface area contributed by atoms with E-state index in [1.165, 1.54) is 70.2 Å². The molecule has 8 heteroatoms. The number of nitrogens with one attached hydrogen (secondary N) is 1. The number of amides is 1. The van der Waals surface area contributed by atoms with Crippen LogP contribution in [0.25, 0.3) is 0 Å². The largest absolute Gasteiger partial charge is 0.348 e. The van der Waals surface area contributed by atoms with Crippen molar-refractivity contribution in [1.82, 2.24) is 29.6 Å². The molecular weight excluding hydrogens is 486 g/mol. The Balaban J connectivity index is 0.926. The lowest BCUT2D eigenvalue weighted by Crippen LogP contribution is -2.47. The number of carbonyl (C=O) groups is 1. The molecule has 5 aliphatic rings. The molecular formula is C31H49N7O. The van der Waals surface area contributed by atoms with Crippen LogP contribution in [0.5, 0.6) is 0 Å². The fourth-order valence-electron chi connectivity index (χ4n) is 7.92. The highest BCUT2D eigenvalue weighted by atomic mass is 16.2. The molecule has 1 aliphatic carbocycles. The monoisotopic (exact) mass is 535 g/mol. The van der Waals surface area contributed by atoms with Crippen molar-refractivity contribution in [2.24, 2.45) is 10.4 Å². The second kappa shape index (κ2) is 12.6. The summed E-state index contributed by atoms with van der Waals surface area (Å²) in [4.78, 5) is 35.6. The molecule has 214 valence electrons. The molecule has 5 heterocycles. The quantitative estimate of drug-likeness (QED) is 0.516. The number of carbonyl (C=O) groups excluding carboxylic acids is 1. The van der Waals surface area contributed by atoms with Crippen molar-refractivity contribution < 1.29 is 4.79 Å². The second-order valence-corrected chi connectivity index (χ2v) is 12.9. The van der Waals surface area contributed by atoms with E-state index < -0.39 is 0 Å². The molecule has 6 rings (SSSR count). The Labute approximate surface area is 234 Å². The first-order valence-corrected chi connectivity index (χ1v) is 15.8. The van der Waals surface area contributed by atoms with Crippen molar-refractivity contribution in [2.75, 3.05) is 52.4 Å². The van der Waals surface area contributed by atoms with Gasteiger partial charge < -0.3 is 19.7 Å². The summed E-state index contributed by atoms with van der Waals surface area (Å²) in [5.41, 5.74) is 1.65. The number of aromatic nitrogens is 2. The fourth-order valence-corrected chi connectivity index (χ4v) is 7.92. The number of aliphatic imine (C=N–C) groups is 1. The molecule has 1 spiro atoms. The molecule has 8 nitrogen and oxygen atoms in total. The standard InChI is InChI=1S/C31H49N7O/c39-30(37-22-13-31(25-37)11-20-36(21-12-31)27-6-2-1-3-7-27)10-19-35-17-8-28(9-18-35)38(23-26-5-4-14-32-26)24-29-33-15-16-34-29/h4,14-16,27-28H,1-3,5-13,17-25H2,(H,33,34). The Morgan fingerprint density at radius 1 is 1.00 bits per heavy atom. The summed E-state index contributed by atoms with van der Waals surface area (Å²) in [6.45, 7) is 9.27. The van der Waals surface area contributed by atoms with E-state index in [0.717, 1.165) is 76.9 Å². The second-order valence-electron chi connectivity index (χ2n) is 12.9. The molecule has 0 radical (unpaired) electrons. The minimum Gasteiger partial charge on any atom is -0.348 e. The molecule has 1 amide bonds.